The Labute approximate surface area is 640 Å². The van der Waals surface area contributed by atoms with Crippen LogP contribution in [-0.2, 0) is 188 Å². The van der Waals surface area contributed by atoms with Crippen molar-refractivity contribution in [3.8, 4) is 11.4 Å². The molecule has 3 aliphatic rings. The second-order valence-electron chi connectivity index (χ2n) is 25.3. The first kappa shape index (κ1) is 76.1. The van der Waals surface area contributed by atoms with Gasteiger partial charge in [-0.15, -0.1) is 22.7 Å². The van der Waals surface area contributed by atoms with Gasteiger partial charge in [0.1, 0.15) is 0 Å². The molecule has 0 unspecified atom stereocenters. The van der Waals surface area contributed by atoms with Gasteiger partial charge in [-0.3, -0.25) is 0 Å². The first-order chi connectivity index (χ1) is 46.4. The molecule has 3 saturated heterocycles. The first-order valence-electron chi connectivity index (χ1n) is 30.1. The minimum absolute atomic E-state index is 0.360. The summed E-state index contributed by atoms with van der Waals surface area (Å²) in [7, 11) is 19.5. The van der Waals surface area contributed by atoms with Gasteiger partial charge < -0.3 is 37.1 Å². The monoisotopic (exact) mass is 1700 g/mol. The molecule has 0 radical (unpaired) electrons. The maximum atomic E-state index is 6.52. The zero-order chi connectivity index (χ0) is 69.1. The van der Waals surface area contributed by atoms with Gasteiger partial charge in [0.2, 0.25) is 0 Å². The SMILES string of the molecule is Brc1cccc2sc3cccc(-n4c5ccccc5c5ccccc54)c3c12.CC1(C)OB(B2OC(C)(C)C(C)(C)O2)OC1(C)C.CC1(C)OB(c2cccc3sc4cccc(-n5c6ccccc6c6ccccc65)c4c23)OC1(C)C.S=S=S.S=S=S=S=S=S=S=S=S=S=S=S=S=S. The second kappa shape index (κ2) is 32.6. The molecule has 4 aromatic heterocycles. The van der Waals surface area contributed by atoms with Crippen molar-refractivity contribution in [1.82, 2.24) is 9.13 Å². The van der Waals surface area contributed by atoms with Crippen LogP contribution in [0.4, 0.5) is 0 Å². The first-order valence-corrected chi connectivity index (χ1v) is 52.6. The number of halogens is 1. The smallest absolute Gasteiger partial charge is 0.405 e. The van der Waals surface area contributed by atoms with Crippen LogP contribution in [0, 0.1) is 0 Å². The quantitative estimate of drug-likeness (QED) is 0.159. The van der Waals surface area contributed by atoms with Crippen molar-refractivity contribution in [3.05, 3.63) is 174 Å². The lowest BCUT2D eigenvalue weighted by atomic mass is 9.49. The topological polar surface area (TPSA) is 65.2 Å². The van der Waals surface area contributed by atoms with Crippen LogP contribution in [0.2, 0.25) is 0 Å². The van der Waals surface area contributed by atoms with Crippen molar-refractivity contribution in [2.75, 3.05) is 0 Å². The third kappa shape index (κ3) is 16.1. The van der Waals surface area contributed by atoms with E-state index in [1.54, 1.807) is 88.8 Å². The molecule has 0 bridgehead atoms. The summed E-state index contributed by atoms with van der Waals surface area (Å²) in [5, 5.41) is 10.2. The van der Waals surface area contributed by atoms with Gasteiger partial charge in [-0.2, -0.15) is 0 Å². The van der Waals surface area contributed by atoms with Crippen molar-refractivity contribution in [3.63, 3.8) is 0 Å². The highest BCUT2D eigenvalue weighted by Gasteiger charge is 2.64. The standard InChI is InChI=1S/C30H26BNO2S.C24H14BrNS.C12H24B2O4.S14.S3/c1-29(2)30(3,4)34-31(33-29)21-13-9-17-25-27(21)28-24(16-10-18-26(28)35-25)32-22-14-7-5-11-19(22)20-12-6-8-15-23(20)32;25-17-9-5-13-21-23(17)24-20(12-6-14-22(24)27-21)26-18-10-3-1-7-15(18)16-8-2-4-11-19(16)26;1-9(2)10(3,4)16-13(15-9)14-17-11(5,6)12(7,8)18-14;1-3-5-7-9-11-13-14-12-10-8-6-4-2;1-3-2/h5-18H,1-4H3;1-14H;1-8H3;;. The largest absolute Gasteiger partial charge is 0.495 e. The minimum Gasteiger partial charge on any atom is -0.405 e. The predicted octanol–water partition coefficient (Wildman–Crippen LogP) is 17.6. The summed E-state index contributed by atoms with van der Waals surface area (Å²) in [4.78, 5) is 0. The number of rotatable bonds is 4. The number of hydrogen-bond acceptors (Lipinski definition) is 12. The average Bonchev–Trinajstić information content (AvgIpc) is 1.58. The van der Waals surface area contributed by atoms with Crippen molar-refractivity contribution in [2.24, 2.45) is 0 Å². The fourth-order valence-corrected chi connectivity index (χ4v) is 42.2. The fraction of sp³-hybridized carbons (Fsp3) is 0.273. The van der Waals surface area contributed by atoms with E-state index in [-0.39, 0.29) is 33.6 Å². The van der Waals surface area contributed by atoms with Crippen molar-refractivity contribution in [1.29, 1.82) is 0 Å². The van der Waals surface area contributed by atoms with E-state index in [2.05, 4.69) is 245 Å². The number of para-hydroxylation sites is 4. The van der Waals surface area contributed by atoms with Crippen LogP contribution in [0.5, 0.6) is 0 Å². The van der Waals surface area contributed by atoms with Crippen LogP contribution >= 0.6 is 38.6 Å². The second-order valence-corrected chi connectivity index (χ2v) is 51.3. The molecule has 0 saturated carbocycles. The number of benzene rings is 8. The lowest BCUT2D eigenvalue weighted by Crippen LogP contribution is -2.41. The van der Waals surface area contributed by atoms with E-state index in [1.165, 1.54) is 113 Å². The van der Waals surface area contributed by atoms with Crippen LogP contribution in [0.15, 0.2) is 174 Å². The number of fused-ring (bicyclic) bond motifs is 12. The summed E-state index contributed by atoms with van der Waals surface area (Å²) in [5.74, 6) is 0. The molecule has 0 N–H and O–H groups in total. The summed E-state index contributed by atoms with van der Waals surface area (Å²) in [6.45, 7) is 24.7. The Hall–Kier alpha value is -2.03. The summed E-state index contributed by atoms with van der Waals surface area (Å²) >= 11 is 25.2. The molecule has 3 fully saturated rings. The zero-order valence-corrected chi connectivity index (χ0v) is 71.5. The normalized spacial score (nSPS) is 16.6. The van der Waals surface area contributed by atoms with Gasteiger partial charge in [0.05, 0.1) is 67.0 Å². The molecule has 31 heteroatoms. The molecule has 97 heavy (non-hydrogen) atoms. The summed E-state index contributed by atoms with van der Waals surface area (Å²) in [6.07, 6.45) is 0. The Morgan fingerprint density at radius 2 is 0.608 bits per heavy atom. The van der Waals surface area contributed by atoms with E-state index in [4.69, 9.17) is 50.3 Å². The minimum atomic E-state index is -0.476. The van der Waals surface area contributed by atoms with Crippen LogP contribution < -0.4 is 5.46 Å². The van der Waals surface area contributed by atoms with E-state index in [1.807, 2.05) is 78.1 Å². The number of nitrogens with zero attached hydrogens (tertiary/aromatic N) is 2. The van der Waals surface area contributed by atoms with E-state index >= 15 is 0 Å². The molecule has 0 amide bonds. The van der Waals surface area contributed by atoms with Gasteiger partial charge in [-0.1, -0.05) is 119 Å². The maximum absolute atomic E-state index is 6.52. The van der Waals surface area contributed by atoms with E-state index < -0.39 is 21.1 Å². The fourth-order valence-electron chi connectivity index (χ4n) is 11.7. The van der Waals surface area contributed by atoms with Crippen molar-refractivity contribution >= 4 is 309 Å². The van der Waals surface area contributed by atoms with Crippen LogP contribution in [0.3, 0.4) is 0 Å². The van der Waals surface area contributed by atoms with Gasteiger partial charge in [0.15, 0.2) is 0 Å². The van der Waals surface area contributed by atoms with Gasteiger partial charge in [-0.25, -0.2) is 0 Å². The number of thiophene rings is 2. The molecule has 504 valence electrons. The van der Waals surface area contributed by atoms with Gasteiger partial charge in [-0.05, 0) is 155 Å². The molecular weight excluding hydrogens is 1640 g/mol. The van der Waals surface area contributed by atoms with Gasteiger partial charge >= 0.3 is 21.1 Å². The molecular formula is C66H64B3BrN2O6S19. The Kier molecular flexibility index (Phi) is 25.5. The molecule has 8 aromatic carbocycles. The number of aromatic nitrogens is 2. The van der Waals surface area contributed by atoms with Crippen molar-refractivity contribution in [2.45, 2.75) is 117 Å². The Morgan fingerprint density at radius 3 is 0.959 bits per heavy atom. The van der Waals surface area contributed by atoms with E-state index in [9.17, 15) is 0 Å². The van der Waals surface area contributed by atoms with Crippen molar-refractivity contribution < 1.29 is 27.9 Å². The summed E-state index contributed by atoms with van der Waals surface area (Å²) in [6, 6.07) is 61.0. The molecule has 0 aliphatic carbocycles. The Bertz CT molecular complexity index is 5430. The van der Waals surface area contributed by atoms with Crippen LogP contribution in [-0.4, -0.2) is 63.9 Å². The Morgan fingerprint density at radius 1 is 0.330 bits per heavy atom. The third-order valence-corrected chi connectivity index (χ3v) is 45.5. The molecule has 8 nitrogen and oxygen atoms in total. The molecule has 15 rings (SSSR count). The van der Waals surface area contributed by atoms with Crippen LogP contribution in [0.1, 0.15) is 83.1 Å². The molecule has 0 atom stereocenters. The molecule has 0 spiro atoms. The highest BCUT2D eigenvalue weighted by Crippen LogP contribution is 2.47. The highest BCUT2D eigenvalue weighted by atomic mass is 79.9. The van der Waals surface area contributed by atoms with Crippen LogP contribution in [0.25, 0.3) is 95.3 Å². The van der Waals surface area contributed by atoms with E-state index in [0.717, 1.165) is 18.8 Å². The number of hydrogen-bond donors (Lipinski definition) is 0. The lowest BCUT2D eigenvalue weighted by Gasteiger charge is -2.32. The van der Waals surface area contributed by atoms with E-state index in [0.29, 0.717) is 0 Å². The highest BCUT2D eigenvalue weighted by molar-refractivity contribution is 9.10. The molecule has 7 heterocycles. The predicted molar refractivity (Wildman–Crippen MR) is 468 cm³/mol. The summed E-state index contributed by atoms with van der Waals surface area (Å²) < 4.78 is 48.0. The average molecular weight is 1700 g/mol. The van der Waals surface area contributed by atoms with Gasteiger partial charge in [0, 0.05) is 227 Å². The lowest BCUT2D eigenvalue weighted by molar-refractivity contribution is 0.00578. The maximum Gasteiger partial charge on any atom is 0.495 e. The zero-order valence-electron chi connectivity index (χ0n) is 54.4. The molecule has 3 aliphatic heterocycles. The molecule has 12 aromatic rings. The van der Waals surface area contributed by atoms with Gasteiger partial charge in [0.25, 0.3) is 0 Å². The summed E-state index contributed by atoms with van der Waals surface area (Å²) in [5.41, 5.74) is 6.24. The third-order valence-electron chi connectivity index (χ3n) is 18.2. The Balaban J connectivity index is 0.000000137.